The van der Waals surface area contributed by atoms with Gasteiger partial charge in [0.2, 0.25) is 0 Å². The first-order valence-corrected chi connectivity index (χ1v) is 9.42. The van der Waals surface area contributed by atoms with E-state index in [0.717, 1.165) is 46.2 Å². The van der Waals surface area contributed by atoms with Gasteiger partial charge in [0, 0.05) is 23.7 Å². The zero-order valence-electron chi connectivity index (χ0n) is 13.8. The van der Waals surface area contributed by atoms with Crippen molar-refractivity contribution in [1.29, 1.82) is 0 Å². The highest BCUT2D eigenvalue weighted by Crippen LogP contribution is 2.40. The van der Waals surface area contributed by atoms with Crippen molar-refractivity contribution in [2.75, 3.05) is 12.9 Å². The fourth-order valence-corrected chi connectivity index (χ4v) is 3.81. The molecule has 0 radical (unpaired) electrons. The Morgan fingerprint density at radius 3 is 2.76 bits per heavy atom. The van der Waals surface area contributed by atoms with Gasteiger partial charge >= 0.3 is 0 Å². The lowest BCUT2D eigenvalue weighted by atomic mass is 10.0. The summed E-state index contributed by atoms with van der Waals surface area (Å²) in [5.41, 5.74) is 3.68. The summed E-state index contributed by atoms with van der Waals surface area (Å²) in [5.74, 6) is 0.703. The van der Waals surface area contributed by atoms with Crippen LogP contribution in [0.5, 0.6) is 0 Å². The molecule has 3 heterocycles. The lowest BCUT2D eigenvalue weighted by molar-refractivity contribution is 0.234. The Bertz CT molecular complexity index is 908. The number of rotatable bonds is 4. The first-order valence-electron chi connectivity index (χ1n) is 8.19. The van der Waals surface area contributed by atoms with Crippen LogP contribution in [0, 0.1) is 5.82 Å². The molecule has 0 amide bonds. The lowest BCUT2D eigenvalue weighted by Crippen LogP contribution is -2.10. The molecule has 4 nitrogen and oxygen atoms in total. The van der Waals surface area contributed by atoms with Crippen molar-refractivity contribution < 1.29 is 9.50 Å². The number of halogens is 1. The highest BCUT2D eigenvalue weighted by Gasteiger charge is 2.29. The van der Waals surface area contributed by atoms with E-state index in [-0.39, 0.29) is 18.5 Å². The monoisotopic (exact) mass is 355 g/mol. The Morgan fingerprint density at radius 1 is 1.24 bits per heavy atom. The summed E-state index contributed by atoms with van der Waals surface area (Å²) in [5, 5.41) is 10.7. The van der Waals surface area contributed by atoms with E-state index in [9.17, 15) is 9.50 Å². The van der Waals surface area contributed by atoms with Gasteiger partial charge in [0.15, 0.2) is 0 Å². The zero-order chi connectivity index (χ0) is 17.4. The van der Waals surface area contributed by atoms with Crippen LogP contribution in [0.1, 0.15) is 18.3 Å². The molecule has 0 saturated heterocycles. The van der Waals surface area contributed by atoms with Gasteiger partial charge in [0.05, 0.1) is 29.1 Å². The number of benzene rings is 1. The average Bonchev–Trinajstić information content (AvgIpc) is 3.21. The zero-order valence-corrected chi connectivity index (χ0v) is 14.6. The number of pyridine rings is 1. The van der Waals surface area contributed by atoms with Crippen molar-refractivity contribution >= 4 is 11.8 Å². The average molecular weight is 355 g/mol. The van der Waals surface area contributed by atoms with Crippen LogP contribution >= 0.6 is 11.8 Å². The van der Waals surface area contributed by atoms with Crippen molar-refractivity contribution in [3.05, 3.63) is 54.2 Å². The summed E-state index contributed by atoms with van der Waals surface area (Å²) in [6.07, 6.45) is 5.50. The van der Waals surface area contributed by atoms with Crippen molar-refractivity contribution in [2.24, 2.45) is 0 Å². The molecule has 6 heteroatoms. The van der Waals surface area contributed by atoms with Crippen LogP contribution < -0.4 is 0 Å². The van der Waals surface area contributed by atoms with Gasteiger partial charge in [-0.3, -0.25) is 0 Å². The number of aromatic nitrogens is 3. The van der Waals surface area contributed by atoms with Gasteiger partial charge in [-0.2, -0.15) is 0 Å². The molecule has 4 rings (SSSR count). The van der Waals surface area contributed by atoms with Crippen molar-refractivity contribution in [2.45, 2.75) is 23.9 Å². The number of imidazole rings is 1. The minimum Gasteiger partial charge on any atom is -0.394 e. The van der Waals surface area contributed by atoms with Crippen LogP contribution in [-0.2, 0) is 6.42 Å². The fraction of sp³-hybridized carbons (Fsp3) is 0.263. The first-order chi connectivity index (χ1) is 12.2. The summed E-state index contributed by atoms with van der Waals surface area (Å²) in [6.45, 7) is 0.0830. The quantitative estimate of drug-likeness (QED) is 0.720. The van der Waals surface area contributed by atoms with Crippen LogP contribution in [-0.4, -0.2) is 32.5 Å². The van der Waals surface area contributed by atoms with E-state index in [2.05, 4.69) is 9.55 Å². The second kappa shape index (κ2) is 6.61. The number of nitrogens with zero attached hydrogens (tertiary/aromatic N) is 3. The van der Waals surface area contributed by atoms with Crippen molar-refractivity contribution in [3.63, 3.8) is 0 Å². The van der Waals surface area contributed by atoms with Gasteiger partial charge in [-0.1, -0.05) is 0 Å². The fourth-order valence-electron chi connectivity index (χ4n) is 3.40. The molecule has 128 valence electrons. The molecule has 3 aromatic rings. The smallest absolute Gasteiger partial charge is 0.123 e. The third kappa shape index (κ3) is 2.85. The predicted molar refractivity (Wildman–Crippen MR) is 97.1 cm³/mol. The van der Waals surface area contributed by atoms with Gasteiger partial charge in [-0.05, 0) is 49.1 Å². The first kappa shape index (κ1) is 16.3. The SMILES string of the molecule is CSc1cc(-c2c(-c3ccc(F)cc3)nc3n2[C@H](CO)CC3)ccn1. The number of fused-ring (bicyclic) bond motifs is 1. The van der Waals surface area contributed by atoms with Gasteiger partial charge in [0.1, 0.15) is 11.6 Å². The second-order valence-corrected chi connectivity index (χ2v) is 6.89. The van der Waals surface area contributed by atoms with E-state index in [4.69, 9.17) is 4.98 Å². The number of aliphatic hydroxyl groups is 1. The maximum atomic E-state index is 13.3. The molecule has 0 unspecified atom stereocenters. The molecule has 0 saturated carbocycles. The molecule has 1 atom stereocenters. The number of thioether (sulfide) groups is 1. The molecule has 1 N–H and O–H groups in total. The van der Waals surface area contributed by atoms with Crippen molar-refractivity contribution in [3.8, 4) is 22.5 Å². The second-order valence-electron chi connectivity index (χ2n) is 6.06. The van der Waals surface area contributed by atoms with Gasteiger partial charge < -0.3 is 9.67 Å². The van der Waals surface area contributed by atoms with E-state index in [0.29, 0.717) is 0 Å². The van der Waals surface area contributed by atoms with Crippen LogP contribution in [0.4, 0.5) is 4.39 Å². The Hall–Kier alpha value is -2.18. The van der Waals surface area contributed by atoms with E-state index in [1.165, 1.54) is 12.1 Å². The third-order valence-electron chi connectivity index (χ3n) is 4.60. The molecule has 1 aliphatic rings. The molecule has 0 bridgehead atoms. The van der Waals surface area contributed by atoms with Crippen molar-refractivity contribution in [1.82, 2.24) is 14.5 Å². The van der Waals surface area contributed by atoms with Crippen LogP contribution in [0.2, 0.25) is 0 Å². The molecule has 2 aromatic heterocycles. The molecule has 0 spiro atoms. The number of aryl methyl sites for hydroxylation is 1. The molecular weight excluding hydrogens is 337 g/mol. The Labute approximate surface area is 149 Å². The van der Waals surface area contributed by atoms with Crippen LogP contribution in [0.25, 0.3) is 22.5 Å². The summed E-state index contributed by atoms with van der Waals surface area (Å²) < 4.78 is 15.5. The lowest BCUT2D eigenvalue weighted by Gasteiger charge is -2.15. The summed E-state index contributed by atoms with van der Waals surface area (Å²) in [7, 11) is 0. The number of hydrogen-bond acceptors (Lipinski definition) is 4. The van der Waals surface area contributed by atoms with Gasteiger partial charge in [-0.25, -0.2) is 14.4 Å². The highest BCUT2D eigenvalue weighted by atomic mass is 32.2. The molecular formula is C19H18FN3OS. The molecule has 0 fully saturated rings. The third-order valence-corrected chi connectivity index (χ3v) is 5.24. The normalized spacial score (nSPS) is 16.2. The van der Waals surface area contributed by atoms with E-state index < -0.39 is 0 Å². The number of aliphatic hydroxyl groups excluding tert-OH is 1. The summed E-state index contributed by atoms with van der Waals surface area (Å²) in [6, 6.07) is 10.4. The van der Waals surface area contributed by atoms with E-state index in [1.807, 2.05) is 18.4 Å². The molecule has 25 heavy (non-hydrogen) atoms. The highest BCUT2D eigenvalue weighted by molar-refractivity contribution is 7.98. The maximum Gasteiger partial charge on any atom is 0.123 e. The Balaban J connectivity index is 1.94. The van der Waals surface area contributed by atoms with Gasteiger partial charge in [-0.15, -0.1) is 11.8 Å². The molecule has 1 aliphatic heterocycles. The molecule has 1 aromatic carbocycles. The standard InChI is InChI=1S/C19H18FN3OS/c1-25-17-10-13(8-9-21-17)19-18(12-2-4-14(20)5-3-12)22-16-7-6-15(11-24)23(16)19/h2-5,8-10,15,24H,6-7,11H2,1H3/t15-/m0/s1. The van der Waals surface area contributed by atoms with E-state index >= 15 is 0 Å². The number of hydrogen-bond donors (Lipinski definition) is 1. The van der Waals surface area contributed by atoms with Crippen LogP contribution in [0.3, 0.4) is 0 Å². The Kier molecular flexibility index (Phi) is 4.31. The summed E-state index contributed by atoms with van der Waals surface area (Å²) >= 11 is 1.58. The topological polar surface area (TPSA) is 50.9 Å². The minimum atomic E-state index is -0.265. The van der Waals surface area contributed by atoms with Crippen LogP contribution in [0.15, 0.2) is 47.6 Å². The minimum absolute atomic E-state index is 0.0255. The summed E-state index contributed by atoms with van der Waals surface area (Å²) in [4.78, 5) is 9.17. The predicted octanol–water partition coefficient (Wildman–Crippen LogP) is 3.95. The maximum absolute atomic E-state index is 13.3. The van der Waals surface area contributed by atoms with Gasteiger partial charge in [0.25, 0.3) is 0 Å². The Morgan fingerprint density at radius 2 is 2.04 bits per heavy atom. The molecule has 0 aliphatic carbocycles. The van der Waals surface area contributed by atoms with E-state index in [1.54, 1.807) is 30.1 Å². The largest absolute Gasteiger partial charge is 0.394 e.